The minimum Gasteiger partial charge on any atom is -0.342 e. The average Bonchev–Trinajstić information content (AvgIpc) is 3.21. The van der Waals surface area contributed by atoms with E-state index in [2.05, 4.69) is 26.4 Å². The first-order valence-electron chi connectivity index (χ1n) is 8.57. The number of piperidine rings is 1. The van der Waals surface area contributed by atoms with E-state index >= 15 is 0 Å². The second-order valence-electron chi connectivity index (χ2n) is 6.57. The molecule has 7 nitrogen and oxygen atoms in total. The van der Waals surface area contributed by atoms with Gasteiger partial charge in [-0.05, 0) is 45.0 Å². The van der Waals surface area contributed by atoms with Crippen molar-refractivity contribution in [2.45, 2.75) is 25.7 Å². The van der Waals surface area contributed by atoms with Crippen molar-refractivity contribution in [1.82, 2.24) is 20.0 Å². The molecule has 1 amide bonds. The second-order valence-corrected chi connectivity index (χ2v) is 6.57. The molecule has 0 unspecified atom stereocenters. The third kappa shape index (κ3) is 3.56. The minimum absolute atomic E-state index is 0.0710. The SMILES string of the molecule is Cc1cc(NC(=O)CN2CCC(c3nc4ccccc4[nH]3)CC2)on1. The molecule has 130 valence electrons. The lowest BCUT2D eigenvalue weighted by Crippen LogP contribution is -2.38. The van der Waals surface area contributed by atoms with Crippen molar-refractivity contribution in [2.24, 2.45) is 0 Å². The van der Waals surface area contributed by atoms with Gasteiger partial charge in [0.05, 0.1) is 23.3 Å². The van der Waals surface area contributed by atoms with Crippen molar-refractivity contribution < 1.29 is 9.32 Å². The highest BCUT2D eigenvalue weighted by Crippen LogP contribution is 2.27. The Hall–Kier alpha value is -2.67. The number of aromatic amines is 1. The molecule has 0 saturated carbocycles. The summed E-state index contributed by atoms with van der Waals surface area (Å²) in [4.78, 5) is 22.4. The van der Waals surface area contributed by atoms with Crippen molar-refractivity contribution in [1.29, 1.82) is 0 Å². The first kappa shape index (κ1) is 15.8. The highest BCUT2D eigenvalue weighted by molar-refractivity contribution is 5.90. The van der Waals surface area contributed by atoms with Gasteiger partial charge in [-0.1, -0.05) is 17.3 Å². The molecular formula is C18H21N5O2. The summed E-state index contributed by atoms with van der Waals surface area (Å²) in [6, 6.07) is 9.81. The van der Waals surface area contributed by atoms with Gasteiger partial charge in [0.15, 0.2) is 0 Å². The number of hydrogen-bond acceptors (Lipinski definition) is 5. The summed E-state index contributed by atoms with van der Waals surface area (Å²) in [5.41, 5.74) is 2.85. The van der Waals surface area contributed by atoms with Crippen LogP contribution in [0.15, 0.2) is 34.9 Å². The molecule has 0 spiro atoms. The number of aromatic nitrogens is 3. The summed E-state index contributed by atoms with van der Waals surface area (Å²) < 4.78 is 5.01. The molecule has 1 aliphatic rings. The summed E-state index contributed by atoms with van der Waals surface area (Å²) in [6.45, 7) is 3.95. The molecule has 1 aliphatic heterocycles. The number of fused-ring (bicyclic) bond motifs is 1. The molecular weight excluding hydrogens is 318 g/mol. The van der Waals surface area contributed by atoms with Crippen LogP contribution in [0.1, 0.15) is 30.3 Å². The number of H-pyrrole nitrogens is 1. The number of hydrogen-bond donors (Lipinski definition) is 2. The van der Waals surface area contributed by atoms with Gasteiger partial charge in [-0.3, -0.25) is 15.0 Å². The zero-order valence-corrected chi connectivity index (χ0v) is 14.2. The van der Waals surface area contributed by atoms with Crippen molar-refractivity contribution in [3.63, 3.8) is 0 Å². The molecule has 1 aromatic carbocycles. The maximum Gasteiger partial charge on any atom is 0.240 e. The van der Waals surface area contributed by atoms with Crippen molar-refractivity contribution >= 4 is 22.8 Å². The van der Waals surface area contributed by atoms with Crippen LogP contribution in [-0.2, 0) is 4.79 Å². The topological polar surface area (TPSA) is 87.0 Å². The van der Waals surface area contributed by atoms with E-state index in [9.17, 15) is 4.79 Å². The Kier molecular flexibility index (Phi) is 4.23. The molecule has 4 rings (SSSR count). The number of carbonyl (C=O) groups excluding carboxylic acids is 1. The molecule has 1 saturated heterocycles. The van der Waals surface area contributed by atoms with Gasteiger partial charge < -0.3 is 9.51 Å². The number of carbonyl (C=O) groups is 1. The number of para-hydroxylation sites is 2. The standard InChI is InChI=1S/C18H21N5O2/c1-12-10-17(25-22-12)21-16(24)11-23-8-6-13(7-9-23)18-19-14-4-2-3-5-15(14)20-18/h2-5,10,13H,6-9,11H2,1H3,(H,19,20)(H,21,24). The van der Waals surface area contributed by atoms with E-state index in [1.165, 1.54) is 0 Å². The molecule has 3 aromatic rings. The molecule has 25 heavy (non-hydrogen) atoms. The van der Waals surface area contributed by atoms with Gasteiger partial charge in [-0.25, -0.2) is 4.98 Å². The molecule has 0 radical (unpaired) electrons. The molecule has 3 heterocycles. The molecule has 0 aliphatic carbocycles. The number of amides is 1. The van der Waals surface area contributed by atoms with Gasteiger partial charge >= 0.3 is 0 Å². The van der Waals surface area contributed by atoms with E-state index in [-0.39, 0.29) is 5.91 Å². The zero-order chi connectivity index (χ0) is 17.2. The molecule has 2 N–H and O–H groups in total. The van der Waals surface area contributed by atoms with E-state index in [4.69, 9.17) is 9.51 Å². The smallest absolute Gasteiger partial charge is 0.240 e. The van der Waals surface area contributed by atoms with Gasteiger partial charge in [-0.15, -0.1) is 0 Å². The van der Waals surface area contributed by atoms with Gasteiger partial charge in [-0.2, -0.15) is 0 Å². The predicted octanol–water partition coefficient (Wildman–Crippen LogP) is 2.68. The largest absolute Gasteiger partial charge is 0.342 e. The van der Waals surface area contributed by atoms with Gasteiger partial charge in [0.25, 0.3) is 0 Å². The normalized spacial score (nSPS) is 16.4. The minimum atomic E-state index is -0.0710. The van der Waals surface area contributed by atoms with Crippen LogP contribution >= 0.6 is 0 Å². The monoisotopic (exact) mass is 339 g/mol. The lowest BCUT2D eigenvalue weighted by Gasteiger charge is -2.30. The predicted molar refractivity (Wildman–Crippen MR) is 94.4 cm³/mol. The molecule has 2 aromatic heterocycles. The van der Waals surface area contributed by atoms with Crippen LogP contribution in [0.2, 0.25) is 0 Å². The number of aryl methyl sites for hydroxylation is 1. The fourth-order valence-electron chi connectivity index (χ4n) is 3.33. The quantitative estimate of drug-likeness (QED) is 0.763. The number of imidazole rings is 1. The van der Waals surface area contributed by atoms with Crippen molar-refractivity contribution in [3.05, 3.63) is 41.9 Å². The number of nitrogens with zero attached hydrogens (tertiary/aromatic N) is 3. The Bertz CT molecular complexity index is 843. The summed E-state index contributed by atoms with van der Waals surface area (Å²) in [6.07, 6.45) is 1.99. The van der Waals surface area contributed by atoms with E-state index < -0.39 is 0 Å². The van der Waals surface area contributed by atoms with Crippen LogP contribution in [-0.4, -0.2) is 45.6 Å². The third-order valence-electron chi connectivity index (χ3n) is 4.64. The Morgan fingerprint density at radius 3 is 2.88 bits per heavy atom. The van der Waals surface area contributed by atoms with Gasteiger partial charge in [0, 0.05) is 12.0 Å². The number of nitrogens with one attached hydrogen (secondary N) is 2. The van der Waals surface area contributed by atoms with Crippen molar-refractivity contribution in [3.8, 4) is 0 Å². The fourth-order valence-corrected chi connectivity index (χ4v) is 3.33. The molecule has 1 fully saturated rings. The van der Waals surface area contributed by atoms with E-state index in [0.717, 1.165) is 48.5 Å². The summed E-state index contributed by atoms with van der Waals surface area (Å²) >= 11 is 0. The van der Waals surface area contributed by atoms with Crippen LogP contribution in [0.4, 0.5) is 5.88 Å². The van der Waals surface area contributed by atoms with Crippen LogP contribution in [0.3, 0.4) is 0 Å². The maximum atomic E-state index is 12.1. The first-order valence-corrected chi connectivity index (χ1v) is 8.57. The summed E-state index contributed by atoms with van der Waals surface area (Å²) in [7, 11) is 0. The fraction of sp³-hybridized carbons (Fsp3) is 0.389. The first-order chi connectivity index (χ1) is 12.2. The number of anilines is 1. The van der Waals surface area contributed by atoms with E-state index in [1.807, 2.05) is 25.1 Å². The van der Waals surface area contributed by atoms with E-state index in [1.54, 1.807) is 6.07 Å². The number of benzene rings is 1. The summed E-state index contributed by atoms with van der Waals surface area (Å²) in [5, 5.41) is 6.51. The molecule has 0 atom stereocenters. The highest BCUT2D eigenvalue weighted by Gasteiger charge is 2.24. The van der Waals surface area contributed by atoms with E-state index in [0.29, 0.717) is 18.3 Å². The molecule has 0 bridgehead atoms. The zero-order valence-electron chi connectivity index (χ0n) is 14.2. The highest BCUT2D eigenvalue weighted by atomic mass is 16.5. The molecule has 7 heteroatoms. The Balaban J connectivity index is 1.31. The van der Waals surface area contributed by atoms with Crippen molar-refractivity contribution in [2.75, 3.05) is 25.0 Å². The Labute approximate surface area is 145 Å². The lowest BCUT2D eigenvalue weighted by molar-refractivity contribution is -0.117. The average molecular weight is 339 g/mol. The van der Waals surface area contributed by atoms with Gasteiger partial charge in [0.2, 0.25) is 11.8 Å². The van der Waals surface area contributed by atoms with Gasteiger partial charge in [0.1, 0.15) is 5.82 Å². The van der Waals surface area contributed by atoms with Crippen LogP contribution in [0, 0.1) is 6.92 Å². The number of rotatable bonds is 4. The number of likely N-dealkylation sites (tertiary alicyclic amines) is 1. The Morgan fingerprint density at radius 2 is 2.16 bits per heavy atom. The second kappa shape index (κ2) is 6.68. The van der Waals surface area contributed by atoms with Crippen LogP contribution in [0.25, 0.3) is 11.0 Å². The third-order valence-corrected chi connectivity index (χ3v) is 4.64. The maximum absolute atomic E-state index is 12.1. The summed E-state index contributed by atoms with van der Waals surface area (Å²) in [5.74, 6) is 1.81. The lowest BCUT2D eigenvalue weighted by atomic mass is 9.96. The van der Waals surface area contributed by atoms with Crippen LogP contribution in [0.5, 0.6) is 0 Å². The Morgan fingerprint density at radius 1 is 1.36 bits per heavy atom. The van der Waals surface area contributed by atoms with Crippen LogP contribution < -0.4 is 5.32 Å².